The van der Waals surface area contributed by atoms with Gasteiger partial charge in [0.1, 0.15) is 6.61 Å². The molecule has 1 atom stereocenters. The molecule has 0 unspecified atom stereocenters. The third-order valence-corrected chi connectivity index (χ3v) is 2.61. The average Bonchev–Trinajstić information content (AvgIpc) is 2.33. The summed E-state index contributed by atoms with van der Waals surface area (Å²) in [5.41, 5.74) is 0. The van der Waals surface area contributed by atoms with Gasteiger partial charge in [-0.15, -0.1) is 10.1 Å². The van der Waals surface area contributed by atoms with Crippen molar-refractivity contribution in [2.45, 2.75) is 45.6 Å². The number of rotatable bonds is 10. The minimum atomic E-state index is -1.41. The quantitative estimate of drug-likeness (QED) is 0.453. The number of nitrogens with one attached hydrogen (secondary N) is 1. The lowest BCUT2D eigenvalue weighted by molar-refractivity contribution is -0.757. The Hall–Kier alpha value is -1.86. The van der Waals surface area contributed by atoms with Gasteiger partial charge in [-0.05, 0) is 12.8 Å². The number of hydrogen-bond acceptors (Lipinski definition) is 5. The Balaban J connectivity index is 4.49. The van der Waals surface area contributed by atoms with Crippen molar-refractivity contribution in [3.63, 3.8) is 0 Å². The van der Waals surface area contributed by atoms with Crippen LogP contribution in [0, 0.1) is 16.0 Å². The smallest absolute Gasteiger partial charge is 0.328 e. The van der Waals surface area contributed by atoms with Crippen LogP contribution in [-0.2, 0) is 14.4 Å². The zero-order valence-electron chi connectivity index (χ0n) is 11.1. The zero-order chi connectivity index (χ0) is 14.8. The number of amides is 1. The fourth-order valence-corrected chi connectivity index (χ4v) is 1.70. The van der Waals surface area contributed by atoms with Crippen LogP contribution in [-0.4, -0.2) is 34.7 Å². The first-order chi connectivity index (χ1) is 8.92. The van der Waals surface area contributed by atoms with Crippen molar-refractivity contribution >= 4 is 11.9 Å². The minimum Gasteiger partial charge on any atom is -0.480 e. The molecule has 2 N–H and O–H groups in total. The van der Waals surface area contributed by atoms with Crippen LogP contribution >= 0.6 is 0 Å². The van der Waals surface area contributed by atoms with Gasteiger partial charge in [-0.25, -0.2) is 4.79 Å². The highest BCUT2D eigenvalue weighted by molar-refractivity contribution is 5.85. The van der Waals surface area contributed by atoms with E-state index in [0.717, 1.165) is 12.8 Å². The summed E-state index contributed by atoms with van der Waals surface area (Å²) in [5, 5.41) is 20.1. The first-order valence-corrected chi connectivity index (χ1v) is 6.22. The van der Waals surface area contributed by atoms with E-state index in [9.17, 15) is 19.7 Å². The van der Waals surface area contributed by atoms with Crippen LogP contribution in [0.5, 0.6) is 0 Å². The highest BCUT2D eigenvalue weighted by Crippen LogP contribution is 2.13. The Morgan fingerprint density at radius 1 is 1.32 bits per heavy atom. The molecule has 1 amide bonds. The monoisotopic (exact) mass is 276 g/mol. The molecule has 0 rings (SSSR count). The van der Waals surface area contributed by atoms with E-state index in [2.05, 4.69) is 10.2 Å². The number of carboxylic acids is 1. The summed E-state index contributed by atoms with van der Waals surface area (Å²) in [6, 6.07) is -1.41. The van der Waals surface area contributed by atoms with Gasteiger partial charge in [-0.2, -0.15) is 0 Å². The minimum absolute atomic E-state index is 0.271. The summed E-state index contributed by atoms with van der Waals surface area (Å²) in [6.45, 7) is 3.17. The van der Waals surface area contributed by atoms with Gasteiger partial charge in [0.15, 0.2) is 6.04 Å². The average molecular weight is 276 g/mol. The lowest BCUT2D eigenvalue weighted by atomic mass is 9.97. The topological polar surface area (TPSA) is 119 Å². The highest BCUT2D eigenvalue weighted by atomic mass is 16.9. The second kappa shape index (κ2) is 9.12. The molecule has 0 saturated heterocycles. The molecule has 0 aromatic rings. The number of carbonyl (C=O) groups is 2. The van der Waals surface area contributed by atoms with Gasteiger partial charge in [0, 0.05) is 5.92 Å². The molecule has 0 heterocycles. The first-order valence-electron chi connectivity index (χ1n) is 6.22. The second-order valence-electron chi connectivity index (χ2n) is 4.19. The zero-order valence-corrected chi connectivity index (χ0v) is 11.1. The summed E-state index contributed by atoms with van der Waals surface area (Å²) in [6.07, 6.45) is 2.92. The Labute approximate surface area is 111 Å². The number of carboxylic acid groups (broad SMARTS) is 1. The molecule has 110 valence electrons. The first kappa shape index (κ1) is 17.1. The predicted molar refractivity (Wildman–Crippen MR) is 65.8 cm³/mol. The lowest BCUT2D eigenvalue weighted by Crippen LogP contribution is -2.46. The van der Waals surface area contributed by atoms with Gasteiger partial charge in [0.2, 0.25) is 5.91 Å². The van der Waals surface area contributed by atoms with E-state index in [1.807, 2.05) is 13.8 Å². The summed E-state index contributed by atoms with van der Waals surface area (Å²) in [5.74, 6) is -2.03. The molecular formula is C11H20N2O6. The maximum atomic E-state index is 11.9. The van der Waals surface area contributed by atoms with E-state index >= 15 is 0 Å². The van der Waals surface area contributed by atoms with Gasteiger partial charge in [0.25, 0.3) is 5.09 Å². The summed E-state index contributed by atoms with van der Waals surface area (Å²) in [4.78, 5) is 36.8. The lowest BCUT2D eigenvalue weighted by Gasteiger charge is -2.19. The molecule has 0 aromatic carbocycles. The Morgan fingerprint density at radius 3 is 2.21 bits per heavy atom. The molecule has 8 nitrogen and oxygen atoms in total. The van der Waals surface area contributed by atoms with Crippen LogP contribution in [0.4, 0.5) is 0 Å². The van der Waals surface area contributed by atoms with E-state index in [0.29, 0.717) is 12.8 Å². The van der Waals surface area contributed by atoms with Crippen LogP contribution in [0.2, 0.25) is 0 Å². The molecule has 0 radical (unpaired) electrons. The van der Waals surface area contributed by atoms with Crippen molar-refractivity contribution < 1.29 is 24.6 Å². The van der Waals surface area contributed by atoms with Gasteiger partial charge in [-0.3, -0.25) is 4.79 Å². The highest BCUT2D eigenvalue weighted by Gasteiger charge is 2.25. The summed E-state index contributed by atoms with van der Waals surface area (Å²) in [7, 11) is 0. The van der Waals surface area contributed by atoms with Gasteiger partial charge >= 0.3 is 5.97 Å². The van der Waals surface area contributed by atoms with Gasteiger partial charge in [-0.1, -0.05) is 26.7 Å². The maximum Gasteiger partial charge on any atom is 0.328 e. The van der Waals surface area contributed by atoms with Crippen molar-refractivity contribution in [2.24, 2.45) is 5.92 Å². The Morgan fingerprint density at radius 2 is 1.84 bits per heavy atom. The molecule has 0 aromatic heterocycles. The van der Waals surface area contributed by atoms with Crippen molar-refractivity contribution in [1.82, 2.24) is 5.32 Å². The van der Waals surface area contributed by atoms with Crippen LogP contribution in [0.25, 0.3) is 0 Å². The molecule has 0 aliphatic rings. The molecule has 0 bridgehead atoms. The molecule has 19 heavy (non-hydrogen) atoms. The number of aliphatic carboxylic acids is 1. The largest absolute Gasteiger partial charge is 0.480 e. The van der Waals surface area contributed by atoms with E-state index in [4.69, 9.17) is 5.11 Å². The van der Waals surface area contributed by atoms with Gasteiger partial charge in [0.05, 0.1) is 0 Å². The van der Waals surface area contributed by atoms with Crippen molar-refractivity contribution in [3.05, 3.63) is 10.1 Å². The Bertz CT molecular complexity index is 314. The molecule has 8 heteroatoms. The fraction of sp³-hybridized carbons (Fsp3) is 0.818. The van der Waals surface area contributed by atoms with Crippen molar-refractivity contribution in [1.29, 1.82) is 0 Å². The predicted octanol–water partition coefficient (Wildman–Crippen LogP) is 0.981. The molecular weight excluding hydrogens is 256 g/mol. The van der Waals surface area contributed by atoms with Gasteiger partial charge < -0.3 is 15.3 Å². The maximum absolute atomic E-state index is 11.9. The standard InChI is InChI=1S/C11H20N2O6/c1-3-5-8(6-4-2)10(14)12-9(11(15)16)7-19-13(17)18/h8-9H,3-7H2,1-2H3,(H,12,14)(H,15,16)/t9-/m0/s1. The molecule has 0 saturated carbocycles. The third-order valence-electron chi connectivity index (χ3n) is 2.61. The summed E-state index contributed by atoms with van der Waals surface area (Å²) >= 11 is 0. The SMILES string of the molecule is CCCC(CCC)C(=O)N[C@@H](CO[N+](=O)[O-])C(=O)O. The molecule has 0 spiro atoms. The normalized spacial score (nSPS) is 11.9. The summed E-state index contributed by atoms with van der Waals surface area (Å²) < 4.78 is 0. The van der Waals surface area contributed by atoms with E-state index in [-0.39, 0.29) is 5.92 Å². The van der Waals surface area contributed by atoms with Crippen LogP contribution in [0.3, 0.4) is 0 Å². The second-order valence-corrected chi connectivity index (χ2v) is 4.19. The van der Waals surface area contributed by atoms with E-state index in [1.165, 1.54) is 0 Å². The van der Waals surface area contributed by atoms with Crippen LogP contribution in [0.15, 0.2) is 0 Å². The van der Waals surface area contributed by atoms with Crippen molar-refractivity contribution in [3.8, 4) is 0 Å². The van der Waals surface area contributed by atoms with Crippen LogP contribution in [0.1, 0.15) is 39.5 Å². The number of carbonyl (C=O) groups excluding carboxylic acids is 1. The molecule has 0 aliphatic carbocycles. The van der Waals surface area contributed by atoms with E-state index in [1.54, 1.807) is 0 Å². The molecule has 0 aliphatic heterocycles. The van der Waals surface area contributed by atoms with Crippen molar-refractivity contribution in [2.75, 3.05) is 6.61 Å². The number of hydrogen-bond donors (Lipinski definition) is 2. The number of nitrogens with zero attached hydrogens (tertiary/aromatic N) is 1. The Kier molecular flexibility index (Phi) is 8.23. The third kappa shape index (κ3) is 7.22. The fourth-order valence-electron chi connectivity index (χ4n) is 1.70. The molecule has 0 fully saturated rings. The van der Waals surface area contributed by atoms with Crippen LogP contribution < -0.4 is 5.32 Å². The van der Waals surface area contributed by atoms with E-state index < -0.39 is 29.6 Å².